The predicted molar refractivity (Wildman–Crippen MR) is 157 cm³/mol. The number of benzene rings is 2. The van der Waals surface area contributed by atoms with Gasteiger partial charge in [-0.15, -0.1) is 0 Å². The number of aryl methyl sites for hydroxylation is 3. The summed E-state index contributed by atoms with van der Waals surface area (Å²) in [5.74, 6) is -0.716. The van der Waals surface area contributed by atoms with E-state index in [9.17, 15) is 14.4 Å². The molecule has 2 unspecified atom stereocenters. The molecule has 0 aromatic heterocycles. The van der Waals surface area contributed by atoms with Gasteiger partial charge >= 0.3 is 6.09 Å². The Morgan fingerprint density at radius 2 is 1.55 bits per heavy atom. The second kappa shape index (κ2) is 12.7. The highest BCUT2D eigenvalue weighted by molar-refractivity contribution is 7.80. The number of hydrogen-bond donors (Lipinski definition) is 3. The van der Waals surface area contributed by atoms with E-state index in [1.807, 2.05) is 84.0 Å². The molecule has 0 aliphatic rings. The fourth-order valence-corrected chi connectivity index (χ4v) is 4.46. The van der Waals surface area contributed by atoms with E-state index in [1.165, 1.54) is 0 Å². The summed E-state index contributed by atoms with van der Waals surface area (Å²) in [6.07, 6.45) is -0.144. The Bertz CT molecular complexity index is 1140. The summed E-state index contributed by atoms with van der Waals surface area (Å²) in [6, 6.07) is 11.4. The topological polar surface area (TPSA) is 87.7 Å². The molecule has 2 N–H and O–H groups in total. The van der Waals surface area contributed by atoms with Crippen molar-refractivity contribution in [2.24, 2.45) is 0 Å². The first kappa shape index (κ1) is 31.2. The number of carbonyl (C=O) groups excluding carboxylic acids is 3. The van der Waals surface area contributed by atoms with Crippen molar-refractivity contribution < 1.29 is 19.1 Å². The molecule has 0 aliphatic carbocycles. The summed E-state index contributed by atoms with van der Waals surface area (Å²) >= 11 is 4.37. The predicted octanol–water partition coefficient (Wildman–Crippen LogP) is 6.13. The van der Waals surface area contributed by atoms with Crippen LogP contribution in [0.1, 0.15) is 76.3 Å². The van der Waals surface area contributed by atoms with Crippen molar-refractivity contribution in [3.05, 3.63) is 64.7 Å². The van der Waals surface area contributed by atoms with Crippen LogP contribution in [0.3, 0.4) is 0 Å². The highest BCUT2D eigenvalue weighted by atomic mass is 32.1. The van der Waals surface area contributed by atoms with Crippen molar-refractivity contribution in [3.63, 3.8) is 0 Å². The second-order valence-corrected chi connectivity index (χ2v) is 11.7. The van der Waals surface area contributed by atoms with Crippen LogP contribution in [-0.2, 0) is 14.3 Å². The van der Waals surface area contributed by atoms with Crippen LogP contribution >= 0.6 is 12.6 Å². The van der Waals surface area contributed by atoms with Gasteiger partial charge in [-0.3, -0.25) is 9.59 Å². The van der Waals surface area contributed by atoms with Crippen LogP contribution in [0.2, 0.25) is 0 Å². The van der Waals surface area contributed by atoms with Crippen LogP contribution in [0.15, 0.2) is 42.5 Å². The number of carbonyl (C=O) groups is 3. The molecule has 2 aromatic rings. The Kier molecular flexibility index (Phi) is 10.4. The fraction of sp³-hybridized carbons (Fsp3) is 0.500. The lowest BCUT2D eigenvalue weighted by Crippen LogP contribution is -2.59. The van der Waals surface area contributed by atoms with Crippen molar-refractivity contribution in [1.29, 1.82) is 0 Å². The molecule has 0 saturated carbocycles. The zero-order valence-electron chi connectivity index (χ0n) is 24.1. The quantitative estimate of drug-likeness (QED) is 0.333. The van der Waals surface area contributed by atoms with Gasteiger partial charge in [0.05, 0.1) is 0 Å². The van der Waals surface area contributed by atoms with Gasteiger partial charge in [-0.1, -0.05) is 55.0 Å². The average Bonchev–Trinajstić information content (AvgIpc) is 2.81. The summed E-state index contributed by atoms with van der Waals surface area (Å²) in [6.45, 7) is 16.9. The van der Waals surface area contributed by atoms with Gasteiger partial charge in [-0.25, -0.2) is 4.79 Å². The molecule has 3 amide bonds. The Hall–Kier alpha value is -3.00. The van der Waals surface area contributed by atoms with Crippen LogP contribution in [0.25, 0.3) is 0 Å². The molecule has 38 heavy (non-hydrogen) atoms. The van der Waals surface area contributed by atoms with Crippen molar-refractivity contribution >= 4 is 36.2 Å². The number of ether oxygens (including phenoxy) is 1. The van der Waals surface area contributed by atoms with Crippen molar-refractivity contribution in [2.75, 3.05) is 11.1 Å². The standard InChI is InChI=1S/C30H43N3O4S/c1-10-30(8,9)33(27(35)23(18-38)31-28(36)37-29(5,6)7)25(22-16-11-13-19(2)17-22)26(34)32-24-20(3)14-12-15-21(24)4/h11-17,23,25,38H,10,18H2,1-9H3,(H,31,36)(H,32,34). The molecule has 0 aliphatic heterocycles. The number of thiol groups is 1. The summed E-state index contributed by atoms with van der Waals surface area (Å²) in [4.78, 5) is 42.5. The van der Waals surface area contributed by atoms with Crippen LogP contribution in [0.4, 0.5) is 10.5 Å². The lowest BCUT2D eigenvalue weighted by atomic mass is 9.91. The Morgan fingerprint density at radius 3 is 2.05 bits per heavy atom. The molecule has 8 heteroatoms. The molecular formula is C30H43N3O4S. The third kappa shape index (κ3) is 8.00. The van der Waals surface area contributed by atoms with Gasteiger partial charge in [0.25, 0.3) is 5.91 Å². The molecule has 0 spiro atoms. The Morgan fingerprint density at radius 1 is 0.974 bits per heavy atom. The van der Waals surface area contributed by atoms with Gasteiger partial charge in [0.1, 0.15) is 17.7 Å². The molecule has 0 bridgehead atoms. The summed E-state index contributed by atoms with van der Waals surface area (Å²) in [5.41, 5.74) is 2.74. The summed E-state index contributed by atoms with van der Waals surface area (Å²) in [5, 5.41) is 5.76. The summed E-state index contributed by atoms with van der Waals surface area (Å²) < 4.78 is 5.39. The first-order valence-electron chi connectivity index (χ1n) is 13.0. The minimum atomic E-state index is -1.00. The Labute approximate surface area is 233 Å². The molecule has 208 valence electrons. The molecule has 0 saturated heterocycles. The number of para-hydroxylation sites is 1. The van der Waals surface area contributed by atoms with E-state index in [-0.39, 0.29) is 11.7 Å². The van der Waals surface area contributed by atoms with E-state index in [0.717, 1.165) is 22.4 Å². The molecule has 2 aromatic carbocycles. The molecule has 2 atom stereocenters. The molecule has 0 fully saturated rings. The van der Waals surface area contributed by atoms with Crippen molar-refractivity contribution in [3.8, 4) is 0 Å². The van der Waals surface area contributed by atoms with E-state index >= 15 is 0 Å². The zero-order valence-corrected chi connectivity index (χ0v) is 25.0. The average molecular weight is 542 g/mol. The number of amides is 3. The van der Waals surface area contributed by atoms with Gasteiger partial charge in [-0.2, -0.15) is 12.6 Å². The fourth-order valence-electron chi connectivity index (χ4n) is 4.21. The van der Waals surface area contributed by atoms with Gasteiger partial charge in [0.2, 0.25) is 5.91 Å². The number of rotatable bonds is 9. The monoisotopic (exact) mass is 541 g/mol. The Balaban J connectivity index is 2.62. The maximum absolute atomic E-state index is 14.2. The van der Waals surface area contributed by atoms with Crippen LogP contribution in [-0.4, -0.2) is 45.7 Å². The number of anilines is 1. The minimum absolute atomic E-state index is 0.0351. The van der Waals surface area contributed by atoms with E-state index in [4.69, 9.17) is 4.74 Å². The maximum atomic E-state index is 14.2. The van der Waals surface area contributed by atoms with Crippen molar-refractivity contribution in [1.82, 2.24) is 10.2 Å². The third-order valence-corrected chi connectivity index (χ3v) is 6.89. The normalized spacial score (nSPS) is 13.3. The number of nitrogens with one attached hydrogen (secondary N) is 2. The number of nitrogens with zero attached hydrogens (tertiary/aromatic N) is 1. The number of hydrogen-bond acceptors (Lipinski definition) is 5. The van der Waals surface area contributed by atoms with E-state index in [2.05, 4.69) is 23.3 Å². The van der Waals surface area contributed by atoms with Gasteiger partial charge in [0, 0.05) is 17.0 Å². The third-order valence-electron chi connectivity index (χ3n) is 6.52. The first-order valence-corrected chi connectivity index (χ1v) is 13.6. The van der Waals surface area contributed by atoms with Gasteiger partial charge < -0.3 is 20.3 Å². The van der Waals surface area contributed by atoms with Gasteiger partial charge in [0.15, 0.2) is 0 Å². The largest absolute Gasteiger partial charge is 0.444 e. The second-order valence-electron chi connectivity index (χ2n) is 11.3. The van der Waals surface area contributed by atoms with E-state index < -0.39 is 35.2 Å². The van der Waals surface area contributed by atoms with Crippen LogP contribution < -0.4 is 10.6 Å². The van der Waals surface area contributed by atoms with Crippen LogP contribution in [0.5, 0.6) is 0 Å². The van der Waals surface area contributed by atoms with Crippen LogP contribution in [0, 0.1) is 20.8 Å². The van der Waals surface area contributed by atoms with E-state index in [0.29, 0.717) is 12.0 Å². The molecule has 2 rings (SSSR count). The smallest absolute Gasteiger partial charge is 0.408 e. The van der Waals surface area contributed by atoms with Gasteiger partial charge in [-0.05, 0) is 78.5 Å². The highest BCUT2D eigenvalue weighted by Crippen LogP contribution is 2.34. The molecule has 0 radical (unpaired) electrons. The molecular weight excluding hydrogens is 498 g/mol. The lowest BCUT2D eigenvalue weighted by molar-refractivity contribution is -0.147. The highest BCUT2D eigenvalue weighted by Gasteiger charge is 2.43. The van der Waals surface area contributed by atoms with Crippen molar-refractivity contribution in [2.45, 2.75) is 92.0 Å². The summed E-state index contributed by atoms with van der Waals surface area (Å²) in [7, 11) is 0. The number of alkyl carbamates (subject to hydrolysis) is 1. The first-order chi connectivity index (χ1) is 17.6. The molecule has 0 heterocycles. The lowest BCUT2D eigenvalue weighted by Gasteiger charge is -2.44. The zero-order chi connectivity index (χ0) is 28.8. The minimum Gasteiger partial charge on any atom is -0.444 e. The molecule has 7 nitrogen and oxygen atoms in total. The maximum Gasteiger partial charge on any atom is 0.408 e. The SMILES string of the molecule is CCC(C)(C)N(C(=O)C(CS)NC(=O)OC(C)(C)C)C(C(=O)Nc1c(C)cccc1C)c1cccc(C)c1. The van der Waals surface area contributed by atoms with E-state index in [1.54, 1.807) is 25.7 Å².